The Balaban J connectivity index is 2.43. The first-order valence-corrected chi connectivity index (χ1v) is 7.18. The van der Waals surface area contributed by atoms with Gasteiger partial charge in [0.05, 0.1) is 0 Å². The molecule has 0 radical (unpaired) electrons. The number of benzene rings is 1. The second-order valence-electron chi connectivity index (χ2n) is 4.02. The summed E-state index contributed by atoms with van der Waals surface area (Å²) in [6.45, 7) is 8.11. The van der Waals surface area contributed by atoms with Crippen molar-refractivity contribution in [3.05, 3.63) is 34.3 Å². The van der Waals surface area contributed by atoms with Gasteiger partial charge in [0, 0.05) is 30.3 Å². The Labute approximate surface area is 118 Å². The molecule has 1 aromatic rings. The van der Waals surface area contributed by atoms with Gasteiger partial charge in [-0.1, -0.05) is 28.1 Å². The van der Waals surface area contributed by atoms with E-state index in [0.29, 0.717) is 19.8 Å². The first kappa shape index (κ1) is 15.6. The lowest BCUT2D eigenvalue weighted by atomic mass is 10.1. The predicted molar refractivity (Wildman–Crippen MR) is 77.6 cm³/mol. The van der Waals surface area contributed by atoms with Crippen molar-refractivity contribution in [2.75, 3.05) is 19.8 Å². The van der Waals surface area contributed by atoms with Crippen LogP contribution >= 0.6 is 15.9 Å². The van der Waals surface area contributed by atoms with Gasteiger partial charge in [-0.2, -0.15) is 0 Å². The van der Waals surface area contributed by atoms with E-state index in [9.17, 15) is 0 Å². The van der Waals surface area contributed by atoms with E-state index in [1.54, 1.807) is 0 Å². The highest BCUT2D eigenvalue weighted by molar-refractivity contribution is 9.10. The van der Waals surface area contributed by atoms with Crippen LogP contribution in [-0.4, -0.2) is 26.0 Å². The molecule has 0 aliphatic heterocycles. The van der Waals surface area contributed by atoms with Gasteiger partial charge in [-0.3, -0.25) is 0 Å². The molecule has 0 spiro atoms. The molecule has 0 aliphatic rings. The van der Waals surface area contributed by atoms with Crippen LogP contribution in [0.1, 0.15) is 32.4 Å². The zero-order valence-corrected chi connectivity index (χ0v) is 12.9. The number of hydrogen-bond donors (Lipinski definition) is 1. The molecule has 0 heterocycles. The third kappa shape index (κ3) is 5.48. The van der Waals surface area contributed by atoms with E-state index in [2.05, 4.69) is 52.4 Å². The topological polar surface area (TPSA) is 30.5 Å². The Morgan fingerprint density at radius 3 is 2.17 bits per heavy atom. The normalized spacial score (nSPS) is 12.9. The van der Waals surface area contributed by atoms with Crippen LogP contribution in [0.4, 0.5) is 0 Å². The van der Waals surface area contributed by atoms with E-state index < -0.39 is 0 Å². The summed E-state index contributed by atoms with van der Waals surface area (Å²) in [5.74, 6) is 0. The highest BCUT2D eigenvalue weighted by Gasteiger charge is 2.10. The number of hydrogen-bond acceptors (Lipinski definition) is 3. The fourth-order valence-corrected chi connectivity index (χ4v) is 1.94. The quantitative estimate of drug-likeness (QED) is 0.745. The van der Waals surface area contributed by atoms with Crippen molar-refractivity contribution in [1.29, 1.82) is 0 Å². The molecule has 1 atom stereocenters. The molecule has 0 saturated carbocycles. The number of ether oxygens (including phenoxy) is 2. The van der Waals surface area contributed by atoms with Gasteiger partial charge in [-0.25, -0.2) is 0 Å². The van der Waals surface area contributed by atoms with Crippen molar-refractivity contribution >= 4 is 15.9 Å². The van der Waals surface area contributed by atoms with Gasteiger partial charge >= 0.3 is 0 Å². The van der Waals surface area contributed by atoms with Crippen LogP contribution in [0.25, 0.3) is 0 Å². The molecule has 18 heavy (non-hydrogen) atoms. The van der Waals surface area contributed by atoms with E-state index >= 15 is 0 Å². The molecule has 0 fully saturated rings. The Morgan fingerprint density at radius 1 is 1.11 bits per heavy atom. The molecule has 0 aromatic heterocycles. The van der Waals surface area contributed by atoms with Gasteiger partial charge in [-0.15, -0.1) is 0 Å². The summed E-state index contributed by atoms with van der Waals surface area (Å²) in [7, 11) is 0. The van der Waals surface area contributed by atoms with Crippen LogP contribution in [0.5, 0.6) is 0 Å². The van der Waals surface area contributed by atoms with Gasteiger partial charge in [-0.05, 0) is 38.5 Å². The van der Waals surface area contributed by atoms with Gasteiger partial charge in [0.1, 0.15) is 0 Å². The standard InChI is InChI=1S/C14H22BrNO2/c1-4-17-14(18-5-2)10-16-11(3)12-6-8-13(15)9-7-12/h6-9,11,14,16H,4-5,10H2,1-3H3/t11-/m0/s1. The van der Waals surface area contributed by atoms with Crippen LogP contribution < -0.4 is 5.32 Å². The summed E-state index contributed by atoms with van der Waals surface area (Å²) in [6, 6.07) is 8.60. The fourth-order valence-electron chi connectivity index (χ4n) is 1.68. The second kappa shape index (κ2) is 8.64. The van der Waals surface area contributed by atoms with Crippen molar-refractivity contribution < 1.29 is 9.47 Å². The SMILES string of the molecule is CCOC(CN[C@@H](C)c1ccc(Br)cc1)OCC. The monoisotopic (exact) mass is 315 g/mol. The summed E-state index contributed by atoms with van der Waals surface area (Å²) >= 11 is 3.44. The van der Waals surface area contributed by atoms with E-state index in [1.807, 2.05) is 13.8 Å². The summed E-state index contributed by atoms with van der Waals surface area (Å²) in [6.07, 6.45) is -0.169. The minimum absolute atomic E-state index is 0.169. The lowest BCUT2D eigenvalue weighted by molar-refractivity contribution is -0.133. The minimum Gasteiger partial charge on any atom is -0.352 e. The Hall–Kier alpha value is -0.420. The van der Waals surface area contributed by atoms with Gasteiger partial charge in [0.25, 0.3) is 0 Å². The van der Waals surface area contributed by atoms with Crippen molar-refractivity contribution in [2.45, 2.75) is 33.1 Å². The lowest BCUT2D eigenvalue weighted by Crippen LogP contribution is -2.33. The van der Waals surface area contributed by atoms with E-state index in [0.717, 1.165) is 4.47 Å². The average Bonchev–Trinajstić information content (AvgIpc) is 2.37. The smallest absolute Gasteiger partial charge is 0.169 e. The zero-order chi connectivity index (χ0) is 13.4. The molecule has 0 aliphatic carbocycles. The maximum absolute atomic E-state index is 5.50. The van der Waals surface area contributed by atoms with Crippen LogP contribution in [0, 0.1) is 0 Å². The Morgan fingerprint density at radius 2 is 1.67 bits per heavy atom. The Bertz CT molecular complexity index is 323. The minimum atomic E-state index is -0.169. The van der Waals surface area contributed by atoms with Crippen molar-refractivity contribution in [3.8, 4) is 0 Å². The van der Waals surface area contributed by atoms with E-state index in [4.69, 9.17) is 9.47 Å². The summed E-state index contributed by atoms with van der Waals surface area (Å²) in [5.41, 5.74) is 1.25. The molecule has 0 bridgehead atoms. The summed E-state index contributed by atoms with van der Waals surface area (Å²) in [5, 5.41) is 3.42. The number of halogens is 1. The first-order valence-electron chi connectivity index (χ1n) is 6.39. The molecule has 1 rings (SSSR count). The molecule has 1 N–H and O–H groups in total. The Kier molecular flexibility index (Phi) is 7.51. The average molecular weight is 316 g/mol. The molecule has 4 heteroatoms. The van der Waals surface area contributed by atoms with Crippen LogP contribution in [0.3, 0.4) is 0 Å². The third-order valence-corrected chi connectivity index (χ3v) is 3.19. The van der Waals surface area contributed by atoms with Gasteiger partial charge < -0.3 is 14.8 Å². The highest BCUT2D eigenvalue weighted by atomic mass is 79.9. The van der Waals surface area contributed by atoms with Crippen molar-refractivity contribution in [3.63, 3.8) is 0 Å². The van der Waals surface area contributed by atoms with Crippen LogP contribution in [0.15, 0.2) is 28.7 Å². The molecule has 3 nitrogen and oxygen atoms in total. The maximum Gasteiger partial charge on any atom is 0.169 e. The predicted octanol–water partition coefficient (Wildman–Crippen LogP) is 3.50. The molecule has 1 aromatic carbocycles. The van der Waals surface area contributed by atoms with Gasteiger partial charge in [0.15, 0.2) is 6.29 Å². The first-order chi connectivity index (χ1) is 8.67. The molecular formula is C14H22BrNO2. The maximum atomic E-state index is 5.50. The fraction of sp³-hybridized carbons (Fsp3) is 0.571. The van der Waals surface area contributed by atoms with Crippen LogP contribution in [0.2, 0.25) is 0 Å². The summed E-state index contributed by atoms with van der Waals surface area (Å²) < 4.78 is 12.1. The van der Waals surface area contributed by atoms with Crippen molar-refractivity contribution in [1.82, 2.24) is 5.32 Å². The molecule has 0 amide bonds. The van der Waals surface area contributed by atoms with Gasteiger partial charge in [0.2, 0.25) is 0 Å². The van der Waals surface area contributed by atoms with E-state index in [-0.39, 0.29) is 12.3 Å². The third-order valence-electron chi connectivity index (χ3n) is 2.67. The van der Waals surface area contributed by atoms with E-state index in [1.165, 1.54) is 5.56 Å². The summed E-state index contributed by atoms with van der Waals surface area (Å²) in [4.78, 5) is 0. The molecule has 0 saturated heterocycles. The molecule has 102 valence electrons. The highest BCUT2D eigenvalue weighted by Crippen LogP contribution is 2.16. The lowest BCUT2D eigenvalue weighted by Gasteiger charge is -2.21. The molecule has 0 unspecified atom stereocenters. The number of nitrogens with one attached hydrogen (secondary N) is 1. The van der Waals surface area contributed by atoms with Crippen molar-refractivity contribution in [2.24, 2.45) is 0 Å². The number of rotatable bonds is 8. The zero-order valence-electron chi connectivity index (χ0n) is 11.3. The molecular weight excluding hydrogens is 294 g/mol. The van der Waals surface area contributed by atoms with Crippen LogP contribution in [-0.2, 0) is 9.47 Å². The largest absolute Gasteiger partial charge is 0.352 e. The second-order valence-corrected chi connectivity index (χ2v) is 4.94.